The molecule has 0 bridgehead atoms. The molecule has 1 saturated heterocycles. The maximum Gasteiger partial charge on any atom is 0.331 e. The van der Waals surface area contributed by atoms with Gasteiger partial charge in [-0.25, -0.2) is 13.2 Å². The van der Waals surface area contributed by atoms with Gasteiger partial charge in [0.15, 0.2) is 9.84 Å². The van der Waals surface area contributed by atoms with Crippen LogP contribution in [0.1, 0.15) is 0 Å². The minimum Gasteiger partial charge on any atom is -0.466 e. The number of ether oxygens (including phenoxy) is 1. The number of hydrogen-bond donors (Lipinski definition) is 0. The van der Waals surface area contributed by atoms with E-state index in [4.69, 9.17) is 0 Å². The van der Waals surface area contributed by atoms with Gasteiger partial charge in [0.2, 0.25) is 0 Å². The lowest BCUT2D eigenvalue weighted by molar-refractivity contribution is -0.134. The molecular formula is C8H13NO4S. The third-order valence-corrected chi connectivity index (χ3v) is 3.61. The molecule has 1 rings (SSSR count). The highest BCUT2D eigenvalue weighted by Gasteiger charge is 2.19. The van der Waals surface area contributed by atoms with Gasteiger partial charge in [-0.15, -0.1) is 0 Å². The number of esters is 1. The number of rotatable bonds is 2. The number of methoxy groups -OCH3 is 1. The van der Waals surface area contributed by atoms with Crippen molar-refractivity contribution in [3.8, 4) is 0 Å². The summed E-state index contributed by atoms with van der Waals surface area (Å²) < 4.78 is 26.5. The molecule has 0 aromatic carbocycles. The van der Waals surface area contributed by atoms with E-state index < -0.39 is 15.8 Å². The average Bonchev–Trinajstić information content (AvgIpc) is 2.16. The summed E-state index contributed by atoms with van der Waals surface area (Å²) in [5.74, 6) is -0.129. The van der Waals surface area contributed by atoms with E-state index in [1.54, 1.807) is 11.1 Å². The van der Waals surface area contributed by atoms with Crippen LogP contribution in [0.4, 0.5) is 0 Å². The van der Waals surface area contributed by atoms with E-state index in [1.807, 2.05) is 0 Å². The Balaban J connectivity index is 2.43. The second-order valence-electron chi connectivity index (χ2n) is 3.03. The van der Waals surface area contributed by atoms with Crippen molar-refractivity contribution in [2.24, 2.45) is 0 Å². The normalized spacial score (nSPS) is 21.1. The fourth-order valence-corrected chi connectivity index (χ4v) is 2.34. The highest BCUT2D eigenvalue weighted by atomic mass is 32.2. The van der Waals surface area contributed by atoms with Crippen LogP contribution in [0.3, 0.4) is 0 Å². The molecule has 14 heavy (non-hydrogen) atoms. The fraction of sp³-hybridized carbons (Fsp3) is 0.625. The Morgan fingerprint density at radius 3 is 2.43 bits per heavy atom. The van der Waals surface area contributed by atoms with Crippen molar-refractivity contribution in [3.63, 3.8) is 0 Å². The van der Waals surface area contributed by atoms with Gasteiger partial charge in [-0.05, 0) is 0 Å². The standard InChI is InChI=1S/C8H13NO4S/c1-13-8(10)2-3-9-4-6-14(11,12)7-5-9/h2-3H,4-7H2,1H3. The highest BCUT2D eigenvalue weighted by Crippen LogP contribution is 2.03. The van der Waals surface area contributed by atoms with E-state index in [1.165, 1.54) is 13.2 Å². The highest BCUT2D eigenvalue weighted by molar-refractivity contribution is 7.91. The molecule has 6 heteroatoms. The van der Waals surface area contributed by atoms with Crippen molar-refractivity contribution >= 4 is 15.8 Å². The summed E-state index contributed by atoms with van der Waals surface area (Å²) in [6.45, 7) is 0.881. The van der Waals surface area contributed by atoms with Crippen LogP contribution in [0, 0.1) is 0 Å². The molecule has 0 aromatic heterocycles. The zero-order valence-electron chi connectivity index (χ0n) is 7.97. The van der Waals surface area contributed by atoms with Gasteiger partial charge in [0.25, 0.3) is 0 Å². The van der Waals surface area contributed by atoms with Crippen LogP contribution < -0.4 is 0 Å². The third-order valence-electron chi connectivity index (χ3n) is 2.00. The first kappa shape index (κ1) is 11.0. The van der Waals surface area contributed by atoms with E-state index in [0.717, 1.165) is 0 Å². The molecule has 0 radical (unpaired) electrons. The maximum atomic E-state index is 11.0. The summed E-state index contributed by atoms with van der Waals surface area (Å²) >= 11 is 0. The van der Waals surface area contributed by atoms with Gasteiger partial charge in [-0.3, -0.25) is 0 Å². The van der Waals surface area contributed by atoms with Crippen LogP contribution >= 0.6 is 0 Å². The summed E-state index contributed by atoms with van der Waals surface area (Å²) in [6, 6.07) is 0. The Morgan fingerprint density at radius 1 is 1.36 bits per heavy atom. The third kappa shape index (κ3) is 3.37. The van der Waals surface area contributed by atoms with Gasteiger partial charge in [0, 0.05) is 25.4 Å². The Morgan fingerprint density at radius 2 is 1.93 bits per heavy atom. The number of carbonyl (C=O) groups is 1. The molecule has 80 valence electrons. The molecule has 1 fully saturated rings. The van der Waals surface area contributed by atoms with Crippen molar-refractivity contribution in [1.29, 1.82) is 0 Å². The monoisotopic (exact) mass is 219 g/mol. The van der Waals surface area contributed by atoms with E-state index in [2.05, 4.69) is 4.74 Å². The Labute approximate surface area is 83.3 Å². The number of nitrogens with zero attached hydrogens (tertiary/aromatic N) is 1. The summed E-state index contributed by atoms with van der Waals surface area (Å²) in [7, 11) is -1.55. The molecule has 5 nitrogen and oxygen atoms in total. The number of carbonyl (C=O) groups excluding carboxylic acids is 1. The molecule has 0 amide bonds. The summed E-state index contributed by atoms with van der Waals surface area (Å²) in [5.41, 5.74) is 0. The predicted molar refractivity (Wildman–Crippen MR) is 51.4 cm³/mol. The molecule has 1 heterocycles. The van der Waals surface area contributed by atoms with E-state index >= 15 is 0 Å². The first-order valence-corrected chi connectivity index (χ1v) is 6.06. The largest absolute Gasteiger partial charge is 0.466 e. The smallest absolute Gasteiger partial charge is 0.331 e. The zero-order valence-corrected chi connectivity index (χ0v) is 8.79. The minimum absolute atomic E-state index is 0.151. The van der Waals surface area contributed by atoms with Crippen LogP contribution in [-0.2, 0) is 19.4 Å². The zero-order chi connectivity index (χ0) is 10.6. The second kappa shape index (κ2) is 4.45. The summed E-state index contributed by atoms with van der Waals surface area (Å²) in [5, 5.41) is 0. The second-order valence-corrected chi connectivity index (χ2v) is 5.33. The molecule has 0 saturated carbocycles. The first-order valence-electron chi connectivity index (χ1n) is 4.24. The molecule has 0 aliphatic carbocycles. The molecule has 1 aliphatic rings. The molecule has 1 aliphatic heterocycles. The van der Waals surface area contributed by atoms with Crippen molar-refractivity contribution in [3.05, 3.63) is 12.3 Å². The lowest BCUT2D eigenvalue weighted by Crippen LogP contribution is -2.37. The van der Waals surface area contributed by atoms with Crippen molar-refractivity contribution in [2.75, 3.05) is 31.7 Å². The van der Waals surface area contributed by atoms with E-state index in [9.17, 15) is 13.2 Å². The van der Waals surface area contributed by atoms with Crippen molar-refractivity contribution in [2.45, 2.75) is 0 Å². The summed E-state index contributed by atoms with van der Waals surface area (Å²) in [4.78, 5) is 12.5. The first-order chi connectivity index (χ1) is 6.53. The quantitative estimate of drug-likeness (QED) is 0.458. The molecule has 0 aromatic rings. The van der Waals surface area contributed by atoms with Crippen molar-refractivity contribution in [1.82, 2.24) is 4.90 Å². The van der Waals surface area contributed by atoms with Gasteiger partial charge in [0.05, 0.1) is 18.6 Å². The van der Waals surface area contributed by atoms with E-state index in [0.29, 0.717) is 13.1 Å². The Hall–Kier alpha value is -1.04. The molecular weight excluding hydrogens is 206 g/mol. The average molecular weight is 219 g/mol. The molecule has 0 N–H and O–H groups in total. The van der Waals surface area contributed by atoms with Crippen LogP contribution in [-0.4, -0.2) is 51.0 Å². The van der Waals surface area contributed by atoms with E-state index in [-0.39, 0.29) is 11.5 Å². The van der Waals surface area contributed by atoms with Crippen LogP contribution in [0.2, 0.25) is 0 Å². The Bertz CT molecular complexity index is 319. The van der Waals surface area contributed by atoms with Crippen molar-refractivity contribution < 1.29 is 17.9 Å². The lowest BCUT2D eigenvalue weighted by atomic mass is 10.5. The molecule has 0 atom stereocenters. The van der Waals surface area contributed by atoms with Crippen LogP contribution in [0.5, 0.6) is 0 Å². The topological polar surface area (TPSA) is 63.7 Å². The van der Waals surface area contributed by atoms with Gasteiger partial charge >= 0.3 is 5.97 Å². The number of hydrogen-bond acceptors (Lipinski definition) is 5. The van der Waals surface area contributed by atoms with Gasteiger partial charge in [-0.2, -0.15) is 0 Å². The van der Waals surface area contributed by atoms with Gasteiger partial charge in [-0.1, -0.05) is 0 Å². The minimum atomic E-state index is -2.85. The molecule has 0 spiro atoms. The lowest BCUT2D eigenvalue weighted by Gasteiger charge is -2.24. The van der Waals surface area contributed by atoms with Crippen LogP contribution in [0.25, 0.3) is 0 Å². The summed E-state index contributed by atoms with van der Waals surface area (Å²) in [6.07, 6.45) is 2.86. The van der Waals surface area contributed by atoms with Gasteiger partial charge in [0.1, 0.15) is 0 Å². The fourth-order valence-electron chi connectivity index (χ4n) is 1.11. The van der Waals surface area contributed by atoms with Gasteiger partial charge < -0.3 is 9.64 Å². The SMILES string of the molecule is COC(=O)C=CN1CCS(=O)(=O)CC1. The molecule has 0 unspecified atom stereocenters. The number of sulfone groups is 1. The van der Waals surface area contributed by atoms with Crippen LogP contribution in [0.15, 0.2) is 12.3 Å². The predicted octanol–water partition coefficient (Wildman–Crippen LogP) is -0.596. The Kier molecular flexibility index (Phi) is 3.51. The maximum absolute atomic E-state index is 11.0.